The van der Waals surface area contributed by atoms with Gasteiger partial charge < -0.3 is 25.0 Å². The number of hydrogen-bond acceptors (Lipinski definition) is 4. The Hall–Kier alpha value is -3.22. The standard InChI is InChI=1S/C23H29N3O4/c1-24-23(28)26-11-5-8-19(15-26)17-6-4-7-18(13-17)22(27)25-14-16-9-10-20(29-2)21(12-16)30-3/h4,6-7,9-10,12-13,19H,5,8,11,14-15H2,1-3H3,(H,24,28)(H,25,27)/t19-/m0/s1. The molecule has 3 amide bonds. The van der Waals surface area contributed by atoms with Gasteiger partial charge in [-0.2, -0.15) is 0 Å². The lowest BCUT2D eigenvalue weighted by Crippen LogP contribution is -2.43. The van der Waals surface area contributed by atoms with E-state index in [-0.39, 0.29) is 17.9 Å². The Kier molecular flexibility index (Phi) is 7.17. The molecule has 0 radical (unpaired) electrons. The monoisotopic (exact) mass is 411 g/mol. The molecule has 2 aromatic carbocycles. The highest BCUT2D eigenvalue weighted by Gasteiger charge is 2.24. The van der Waals surface area contributed by atoms with Crippen LogP contribution in [0.15, 0.2) is 42.5 Å². The summed E-state index contributed by atoms with van der Waals surface area (Å²) in [4.78, 5) is 26.5. The van der Waals surface area contributed by atoms with Crippen LogP contribution in [0.2, 0.25) is 0 Å². The third-order valence-electron chi connectivity index (χ3n) is 5.44. The molecule has 1 heterocycles. The summed E-state index contributed by atoms with van der Waals surface area (Å²) in [5.41, 5.74) is 2.62. The summed E-state index contributed by atoms with van der Waals surface area (Å²) in [6.45, 7) is 1.81. The third kappa shape index (κ3) is 5.03. The van der Waals surface area contributed by atoms with Crippen LogP contribution in [0.1, 0.15) is 40.2 Å². The average molecular weight is 412 g/mol. The van der Waals surface area contributed by atoms with Gasteiger partial charge in [0.1, 0.15) is 0 Å². The molecular formula is C23H29N3O4. The number of urea groups is 1. The van der Waals surface area contributed by atoms with E-state index in [2.05, 4.69) is 10.6 Å². The number of piperidine rings is 1. The van der Waals surface area contributed by atoms with Gasteiger partial charge in [0.05, 0.1) is 14.2 Å². The molecule has 1 fully saturated rings. The van der Waals surface area contributed by atoms with Crippen molar-refractivity contribution in [1.29, 1.82) is 0 Å². The summed E-state index contributed by atoms with van der Waals surface area (Å²) in [6, 6.07) is 13.2. The minimum Gasteiger partial charge on any atom is -0.493 e. The SMILES string of the molecule is CNC(=O)N1CCC[C@H](c2cccc(C(=O)NCc3ccc(OC)c(OC)c3)c2)C1. The number of methoxy groups -OCH3 is 2. The van der Waals surface area contributed by atoms with Crippen molar-refractivity contribution in [3.63, 3.8) is 0 Å². The summed E-state index contributed by atoms with van der Waals surface area (Å²) in [7, 11) is 4.82. The van der Waals surface area contributed by atoms with Crippen LogP contribution < -0.4 is 20.1 Å². The molecule has 1 aliphatic rings. The van der Waals surface area contributed by atoms with Gasteiger partial charge >= 0.3 is 6.03 Å². The van der Waals surface area contributed by atoms with Crippen molar-refractivity contribution < 1.29 is 19.1 Å². The maximum Gasteiger partial charge on any atom is 0.317 e. The van der Waals surface area contributed by atoms with Crippen molar-refractivity contribution >= 4 is 11.9 Å². The topological polar surface area (TPSA) is 79.9 Å². The van der Waals surface area contributed by atoms with Crippen LogP contribution in [-0.4, -0.2) is 51.2 Å². The second-order valence-electron chi connectivity index (χ2n) is 7.34. The highest BCUT2D eigenvalue weighted by Crippen LogP contribution is 2.28. The summed E-state index contributed by atoms with van der Waals surface area (Å²) in [6.07, 6.45) is 1.96. The molecule has 0 aromatic heterocycles. The number of ether oxygens (including phenoxy) is 2. The summed E-state index contributed by atoms with van der Waals surface area (Å²) in [5.74, 6) is 1.38. The fourth-order valence-corrected chi connectivity index (χ4v) is 3.80. The van der Waals surface area contributed by atoms with E-state index in [0.29, 0.717) is 30.2 Å². The minimum atomic E-state index is -0.134. The normalized spacial score (nSPS) is 16.0. The molecule has 1 atom stereocenters. The molecule has 7 nitrogen and oxygen atoms in total. The van der Waals surface area contributed by atoms with Crippen LogP contribution >= 0.6 is 0 Å². The average Bonchev–Trinajstić information content (AvgIpc) is 2.81. The Bertz CT molecular complexity index is 900. The largest absolute Gasteiger partial charge is 0.493 e. The highest BCUT2D eigenvalue weighted by atomic mass is 16.5. The third-order valence-corrected chi connectivity index (χ3v) is 5.44. The van der Waals surface area contributed by atoms with E-state index >= 15 is 0 Å². The van der Waals surface area contributed by atoms with Crippen molar-refractivity contribution in [3.8, 4) is 11.5 Å². The molecule has 2 N–H and O–H groups in total. The van der Waals surface area contributed by atoms with Gasteiger partial charge in [0.15, 0.2) is 11.5 Å². The van der Waals surface area contributed by atoms with Crippen LogP contribution in [0.5, 0.6) is 11.5 Å². The molecule has 2 aromatic rings. The van der Waals surface area contributed by atoms with Gasteiger partial charge in [-0.15, -0.1) is 0 Å². The molecular weight excluding hydrogens is 382 g/mol. The number of amides is 3. The molecule has 3 rings (SSSR count). The number of benzene rings is 2. The van der Waals surface area contributed by atoms with Crippen LogP contribution in [-0.2, 0) is 6.54 Å². The first kappa shape index (κ1) is 21.5. The number of likely N-dealkylation sites (tertiary alicyclic amines) is 1. The fraction of sp³-hybridized carbons (Fsp3) is 0.391. The van der Waals surface area contributed by atoms with Crippen molar-refractivity contribution in [2.45, 2.75) is 25.3 Å². The van der Waals surface area contributed by atoms with Gasteiger partial charge in [-0.05, 0) is 48.2 Å². The minimum absolute atomic E-state index is 0.0523. The van der Waals surface area contributed by atoms with Gasteiger partial charge in [-0.1, -0.05) is 18.2 Å². The van der Waals surface area contributed by atoms with E-state index in [1.54, 1.807) is 21.3 Å². The quantitative estimate of drug-likeness (QED) is 0.765. The number of hydrogen-bond donors (Lipinski definition) is 2. The Balaban J connectivity index is 1.65. The van der Waals surface area contributed by atoms with E-state index in [1.807, 2.05) is 47.4 Å². The molecule has 7 heteroatoms. The zero-order valence-electron chi connectivity index (χ0n) is 17.7. The first-order valence-electron chi connectivity index (χ1n) is 10.1. The second kappa shape index (κ2) is 10.0. The number of carbonyl (C=O) groups excluding carboxylic acids is 2. The predicted octanol–water partition coefficient (Wildman–Crippen LogP) is 3.15. The van der Waals surface area contributed by atoms with Crippen LogP contribution in [0.3, 0.4) is 0 Å². The van der Waals surface area contributed by atoms with Gasteiger partial charge in [-0.25, -0.2) is 4.79 Å². The van der Waals surface area contributed by atoms with Crippen LogP contribution in [0, 0.1) is 0 Å². The van der Waals surface area contributed by atoms with E-state index in [9.17, 15) is 9.59 Å². The van der Waals surface area contributed by atoms with Crippen molar-refractivity contribution in [2.75, 3.05) is 34.4 Å². The summed E-state index contributed by atoms with van der Waals surface area (Å²) in [5, 5.41) is 5.65. The molecule has 0 unspecified atom stereocenters. The van der Waals surface area contributed by atoms with Crippen molar-refractivity contribution in [1.82, 2.24) is 15.5 Å². The van der Waals surface area contributed by atoms with E-state index in [4.69, 9.17) is 9.47 Å². The first-order chi connectivity index (χ1) is 14.5. The molecule has 0 bridgehead atoms. The van der Waals surface area contributed by atoms with Gasteiger partial charge in [0.25, 0.3) is 5.91 Å². The first-order valence-corrected chi connectivity index (χ1v) is 10.1. The molecule has 1 saturated heterocycles. The number of nitrogens with zero attached hydrogens (tertiary/aromatic N) is 1. The van der Waals surface area contributed by atoms with E-state index < -0.39 is 0 Å². The Morgan fingerprint density at radius 1 is 1.10 bits per heavy atom. The molecule has 1 aliphatic heterocycles. The van der Waals surface area contributed by atoms with Gasteiger partial charge in [-0.3, -0.25) is 4.79 Å². The fourth-order valence-electron chi connectivity index (χ4n) is 3.80. The number of carbonyl (C=O) groups is 2. The lowest BCUT2D eigenvalue weighted by atomic mass is 9.89. The predicted molar refractivity (Wildman–Crippen MR) is 115 cm³/mol. The van der Waals surface area contributed by atoms with Gasteiger partial charge in [0, 0.05) is 38.2 Å². The Morgan fingerprint density at radius 3 is 2.63 bits per heavy atom. The lowest BCUT2D eigenvalue weighted by molar-refractivity contribution is 0.0950. The zero-order chi connectivity index (χ0) is 21.5. The molecule has 160 valence electrons. The van der Waals surface area contributed by atoms with Crippen LogP contribution in [0.4, 0.5) is 4.79 Å². The van der Waals surface area contributed by atoms with Crippen molar-refractivity contribution in [2.24, 2.45) is 0 Å². The van der Waals surface area contributed by atoms with Gasteiger partial charge in [0.2, 0.25) is 0 Å². The summed E-state index contributed by atoms with van der Waals surface area (Å²) < 4.78 is 10.6. The molecule has 0 aliphatic carbocycles. The Morgan fingerprint density at radius 2 is 1.90 bits per heavy atom. The van der Waals surface area contributed by atoms with E-state index in [1.165, 1.54) is 0 Å². The lowest BCUT2D eigenvalue weighted by Gasteiger charge is -2.32. The molecule has 0 saturated carbocycles. The highest BCUT2D eigenvalue weighted by molar-refractivity contribution is 5.94. The maximum atomic E-state index is 12.7. The van der Waals surface area contributed by atoms with Crippen molar-refractivity contribution in [3.05, 3.63) is 59.2 Å². The molecule has 30 heavy (non-hydrogen) atoms. The Labute approximate surface area is 177 Å². The number of rotatable bonds is 6. The molecule has 0 spiro atoms. The second-order valence-corrected chi connectivity index (χ2v) is 7.34. The van der Waals surface area contributed by atoms with Crippen LogP contribution in [0.25, 0.3) is 0 Å². The zero-order valence-corrected chi connectivity index (χ0v) is 17.7. The number of nitrogens with one attached hydrogen (secondary N) is 2. The van der Waals surface area contributed by atoms with E-state index in [0.717, 1.165) is 30.5 Å². The maximum absolute atomic E-state index is 12.7. The smallest absolute Gasteiger partial charge is 0.317 e. The summed E-state index contributed by atoms with van der Waals surface area (Å²) >= 11 is 0.